The maximum absolute atomic E-state index is 2.50. The summed E-state index contributed by atoms with van der Waals surface area (Å²) in [6.07, 6.45) is 2.93. The zero-order valence-corrected chi connectivity index (χ0v) is 7.93. The fourth-order valence-electron chi connectivity index (χ4n) is 3.01. The van der Waals surface area contributed by atoms with E-state index >= 15 is 0 Å². The summed E-state index contributed by atoms with van der Waals surface area (Å²) in [5, 5.41) is 0. The normalized spacial score (nSPS) is 42.8. The van der Waals surface area contributed by atoms with E-state index in [1.807, 2.05) is 0 Å². The third-order valence-corrected chi connectivity index (χ3v) is 3.79. The van der Waals surface area contributed by atoms with Gasteiger partial charge in [-0.3, -0.25) is 0 Å². The maximum atomic E-state index is 2.50. The molecule has 0 radical (unpaired) electrons. The molecule has 1 aliphatic carbocycles. The van der Waals surface area contributed by atoms with Crippen molar-refractivity contribution in [2.75, 3.05) is 20.1 Å². The molecule has 11 heavy (non-hydrogen) atoms. The van der Waals surface area contributed by atoms with Gasteiger partial charge < -0.3 is 4.90 Å². The maximum Gasteiger partial charge on any atom is 0.00150 e. The first-order valence-electron chi connectivity index (χ1n) is 4.78. The van der Waals surface area contributed by atoms with Gasteiger partial charge in [0.2, 0.25) is 0 Å². The van der Waals surface area contributed by atoms with Crippen molar-refractivity contribution in [1.29, 1.82) is 0 Å². The van der Waals surface area contributed by atoms with Crippen LogP contribution in [0.5, 0.6) is 0 Å². The summed E-state index contributed by atoms with van der Waals surface area (Å²) in [5.74, 6) is 2.02. The molecule has 0 amide bonds. The van der Waals surface area contributed by atoms with Crippen LogP contribution in [0.4, 0.5) is 0 Å². The third-order valence-electron chi connectivity index (χ3n) is 3.79. The Morgan fingerprint density at radius 3 is 2.64 bits per heavy atom. The van der Waals surface area contributed by atoms with Gasteiger partial charge in [0.05, 0.1) is 0 Å². The lowest BCUT2D eigenvalue weighted by Gasteiger charge is -2.26. The molecule has 1 saturated carbocycles. The smallest absolute Gasteiger partial charge is 0.00150 e. The highest BCUT2D eigenvalue weighted by Gasteiger charge is 2.45. The van der Waals surface area contributed by atoms with Crippen LogP contribution in [0, 0.1) is 17.3 Å². The van der Waals surface area contributed by atoms with Crippen LogP contribution in [0.3, 0.4) is 0 Å². The van der Waals surface area contributed by atoms with E-state index in [-0.39, 0.29) is 0 Å². The molecule has 0 spiro atoms. The molecule has 2 unspecified atom stereocenters. The molecule has 1 heteroatoms. The Labute approximate surface area is 69.8 Å². The van der Waals surface area contributed by atoms with Crippen LogP contribution >= 0.6 is 0 Å². The van der Waals surface area contributed by atoms with Gasteiger partial charge in [0, 0.05) is 13.1 Å². The number of hydrogen-bond donors (Lipinski definition) is 0. The minimum atomic E-state index is 0.634. The zero-order chi connectivity index (χ0) is 8.06. The monoisotopic (exact) mass is 153 g/mol. The van der Waals surface area contributed by atoms with E-state index in [2.05, 4.69) is 25.8 Å². The van der Waals surface area contributed by atoms with Crippen molar-refractivity contribution in [3.8, 4) is 0 Å². The summed E-state index contributed by atoms with van der Waals surface area (Å²) in [7, 11) is 2.26. The van der Waals surface area contributed by atoms with Crippen molar-refractivity contribution in [3.63, 3.8) is 0 Å². The molecule has 1 nitrogen and oxygen atoms in total. The first kappa shape index (κ1) is 7.60. The van der Waals surface area contributed by atoms with E-state index in [1.165, 1.54) is 25.9 Å². The van der Waals surface area contributed by atoms with Crippen LogP contribution < -0.4 is 0 Å². The first-order chi connectivity index (χ1) is 5.09. The molecule has 0 N–H and O–H groups in total. The molecule has 0 aromatic rings. The van der Waals surface area contributed by atoms with Gasteiger partial charge in [0.25, 0.3) is 0 Å². The summed E-state index contributed by atoms with van der Waals surface area (Å²) in [6, 6.07) is 0. The lowest BCUT2D eigenvalue weighted by atomic mass is 9.80. The Hall–Kier alpha value is -0.0400. The first-order valence-corrected chi connectivity index (χ1v) is 4.78. The van der Waals surface area contributed by atoms with Gasteiger partial charge in [0.1, 0.15) is 0 Å². The largest absolute Gasteiger partial charge is 0.306 e. The van der Waals surface area contributed by atoms with Gasteiger partial charge in [-0.2, -0.15) is 0 Å². The molecule has 2 atom stereocenters. The fraction of sp³-hybridized carbons (Fsp3) is 1.00. The molecule has 2 fully saturated rings. The Kier molecular flexibility index (Phi) is 1.54. The Balaban J connectivity index is 2.13. The molecule has 2 rings (SSSR count). The topological polar surface area (TPSA) is 3.24 Å². The van der Waals surface area contributed by atoms with Crippen LogP contribution in [0.2, 0.25) is 0 Å². The molecule has 1 aliphatic heterocycles. The summed E-state index contributed by atoms with van der Waals surface area (Å²) in [4.78, 5) is 2.50. The van der Waals surface area contributed by atoms with Crippen LogP contribution in [0.25, 0.3) is 0 Å². The highest BCUT2D eigenvalue weighted by molar-refractivity contribution is 4.97. The molecular weight excluding hydrogens is 134 g/mol. The van der Waals surface area contributed by atoms with E-state index in [0.29, 0.717) is 5.41 Å². The fourth-order valence-corrected chi connectivity index (χ4v) is 3.01. The number of likely N-dealkylation sites (tertiary alicyclic amines) is 1. The van der Waals surface area contributed by atoms with Gasteiger partial charge in [-0.05, 0) is 37.1 Å². The van der Waals surface area contributed by atoms with E-state index < -0.39 is 0 Å². The van der Waals surface area contributed by atoms with E-state index in [9.17, 15) is 0 Å². The quantitative estimate of drug-likeness (QED) is 0.514. The van der Waals surface area contributed by atoms with Gasteiger partial charge in [-0.15, -0.1) is 0 Å². The molecular formula is C10H19N. The number of rotatable bonds is 0. The van der Waals surface area contributed by atoms with Crippen LogP contribution in [0.1, 0.15) is 26.7 Å². The lowest BCUT2D eigenvalue weighted by Crippen LogP contribution is -2.24. The van der Waals surface area contributed by atoms with Gasteiger partial charge in [-0.1, -0.05) is 13.8 Å². The summed E-state index contributed by atoms with van der Waals surface area (Å²) in [5.41, 5.74) is 0.634. The number of fused-ring (bicyclic) bond motifs is 1. The van der Waals surface area contributed by atoms with Gasteiger partial charge in [-0.25, -0.2) is 0 Å². The predicted octanol–water partition coefficient (Wildman–Crippen LogP) is 1.98. The standard InChI is InChI=1S/C10H19N/c1-10(2)5-4-8-6-11(3)7-9(8)10/h8-9H,4-7H2,1-3H3. The molecule has 2 aliphatic rings. The van der Waals surface area contributed by atoms with Crippen molar-refractivity contribution in [1.82, 2.24) is 4.90 Å². The molecule has 1 heterocycles. The molecule has 0 aromatic heterocycles. The second-order valence-electron chi connectivity index (χ2n) is 5.12. The van der Waals surface area contributed by atoms with Crippen LogP contribution in [-0.2, 0) is 0 Å². The predicted molar refractivity (Wildman–Crippen MR) is 47.5 cm³/mol. The molecule has 1 saturated heterocycles. The third kappa shape index (κ3) is 1.10. The van der Waals surface area contributed by atoms with Crippen molar-refractivity contribution < 1.29 is 0 Å². The minimum Gasteiger partial charge on any atom is -0.306 e. The number of nitrogens with zero attached hydrogens (tertiary/aromatic N) is 1. The lowest BCUT2D eigenvalue weighted by molar-refractivity contribution is 0.237. The van der Waals surface area contributed by atoms with E-state index in [4.69, 9.17) is 0 Å². The van der Waals surface area contributed by atoms with Crippen molar-refractivity contribution in [2.45, 2.75) is 26.7 Å². The van der Waals surface area contributed by atoms with Crippen molar-refractivity contribution in [2.24, 2.45) is 17.3 Å². The summed E-state index contributed by atoms with van der Waals surface area (Å²) >= 11 is 0. The molecule has 0 bridgehead atoms. The molecule has 0 aromatic carbocycles. The average Bonchev–Trinajstić information content (AvgIpc) is 2.35. The zero-order valence-electron chi connectivity index (χ0n) is 7.93. The van der Waals surface area contributed by atoms with Gasteiger partial charge in [0.15, 0.2) is 0 Å². The average molecular weight is 153 g/mol. The highest BCUT2D eigenvalue weighted by Crippen LogP contribution is 2.49. The Morgan fingerprint density at radius 2 is 2.00 bits per heavy atom. The van der Waals surface area contributed by atoms with Crippen molar-refractivity contribution in [3.05, 3.63) is 0 Å². The summed E-state index contributed by atoms with van der Waals surface area (Å²) < 4.78 is 0. The van der Waals surface area contributed by atoms with E-state index in [1.54, 1.807) is 0 Å². The van der Waals surface area contributed by atoms with Crippen molar-refractivity contribution >= 4 is 0 Å². The summed E-state index contributed by atoms with van der Waals surface area (Å²) in [6.45, 7) is 7.58. The minimum absolute atomic E-state index is 0.634. The highest BCUT2D eigenvalue weighted by atomic mass is 15.1. The molecule has 64 valence electrons. The SMILES string of the molecule is CN1CC2CCC(C)(C)C2C1. The van der Waals surface area contributed by atoms with Gasteiger partial charge >= 0.3 is 0 Å². The van der Waals surface area contributed by atoms with Crippen LogP contribution in [0.15, 0.2) is 0 Å². The second-order valence-corrected chi connectivity index (χ2v) is 5.12. The Morgan fingerprint density at radius 1 is 1.27 bits per heavy atom. The van der Waals surface area contributed by atoms with E-state index in [0.717, 1.165) is 11.8 Å². The number of hydrogen-bond acceptors (Lipinski definition) is 1. The second kappa shape index (κ2) is 2.22. The Bertz CT molecular complexity index is 162. The van der Waals surface area contributed by atoms with Crippen LogP contribution in [-0.4, -0.2) is 25.0 Å².